The second-order valence-corrected chi connectivity index (χ2v) is 7.60. The molecule has 2 aliphatic rings. The van der Waals surface area contributed by atoms with Crippen LogP contribution in [0.1, 0.15) is 44.3 Å². The summed E-state index contributed by atoms with van der Waals surface area (Å²) in [6, 6.07) is 6.16. The molecule has 2 fully saturated rings. The van der Waals surface area contributed by atoms with E-state index >= 15 is 0 Å². The van der Waals surface area contributed by atoms with Crippen molar-refractivity contribution < 1.29 is 0 Å². The Bertz CT molecular complexity index is 646. The zero-order chi connectivity index (χ0) is 16.4. The van der Waals surface area contributed by atoms with Gasteiger partial charge in [-0.15, -0.1) is 0 Å². The highest BCUT2D eigenvalue weighted by Gasteiger charge is 2.29. The van der Waals surface area contributed by atoms with Crippen molar-refractivity contribution in [1.82, 2.24) is 14.3 Å². The highest BCUT2D eigenvalue weighted by atomic mass is 32.1. The zero-order valence-electron chi connectivity index (χ0n) is 14.3. The van der Waals surface area contributed by atoms with Crippen LogP contribution in [0.5, 0.6) is 0 Å². The van der Waals surface area contributed by atoms with Crippen molar-refractivity contribution in [2.45, 2.75) is 38.5 Å². The van der Waals surface area contributed by atoms with Crippen molar-refractivity contribution in [1.29, 1.82) is 0 Å². The molecule has 3 heterocycles. The highest BCUT2D eigenvalue weighted by Crippen LogP contribution is 2.39. The lowest BCUT2D eigenvalue weighted by molar-refractivity contribution is 0.403. The van der Waals surface area contributed by atoms with Crippen LogP contribution in [0.2, 0.25) is 0 Å². The summed E-state index contributed by atoms with van der Waals surface area (Å²) in [6.45, 7) is 6.54. The fourth-order valence-corrected chi connectivity index (χ4v) is 4.22. The molecule has 0 aromatic carbocycles. The predicted molar refractivity (Wildman–Crippen MR) is 98.9 cm³/mol. The Morgan fingerprint density at radius 3 is 2.71 bits per heavy atom. The maximum absolute atomic E-state index is 4.78. The third-order valence-corrected chi connectivity index (χ3v) is 5.88. The molecule has 1 aliphatic carbocycles. The molecular formula is C18H25N5S. The van der Waals surface area contributed by atoms with Gasteiger partial charge in [0.05, 0.1) is 0 Å². The molecule has 4 rings (SSSR count). The summed E-state index contributed by atoms with van der Waals surface area (Å²) in [4.78, 5) is 14.1. The molecule has 1 aliphatic heterocycles. The van der Waals surface area contributed by atoms with E-state index < -0.39 is 0 Å². The van der Waals surface area contributed by atoms with E-state index in [2.05, 4.69) is 38.2 Å². The van der Waals surface area contributed by atoms with Crippen LogP contribution in [-0.4, -0.2) is 40.5 Å². The average Bonchev–Trinajstić information content (AvgIpc) is 3.38. The maximum Gasteiger partial charge on any atom is 0.205 e. The quantitative estimate of drug-likeness (QED) is 0.802. The van der Waals surface area contributed by atoms with Gasteiger partial charge in [-0.3, -0.25) is 0 Å². The molecule has 1 saturated heterocycles. The van der Waals surface area contributed by atoms with Crippen molar-refractivity contribution in [2.75, 3.05) is 36.0 Å². The SMILES string of the molecule is CCN(CC1CCN(c2ccccn2)CC1)c1nc(C2CC2)ns1. The van der Waals surface area contributed by atoms with Gasteiger partial charge in [0.2, 0.25) is 5.13 Å². The molecule has 0 bridgehead atoms. The highest BCUT2D eigenvalue weighted by molar-refractivity contribution is 7.09. The van der Waals surface area contributed by atoms with E-state index in [1.165, 1.54) is 25.7 Å². The smallest absolute Gasteiger partial charge is 0.205 e. The monoisotopic (exact) mass is 343 g/mol. The number of anilines is 2. The minimum Gasteiger partial charge on any atom is -0.357 e. The Kier molecular flexibility index (Phi) is 4.65. The molecule has 0 N–H and O–H groups in total. The number of pyridine rings is 1. The molecule has 24 heavy (non-hydrogen) atoms. The molecule has 0 atom stereocenters. The molecular weight excluding hydrogens is 318 g/mol. The van der Waals surface area contributed by atoms with Crippen molar-refractivity contribution >= 4 is 22.5 Å². The first kappa shape index (κ1) is 15.8. The van der Waals surface area contributed by atoms with Crippen LogP contribution in [0, 0.1) is 5.92 Å². The molecule has 0 unspecified atom stereocenters. The first-order valence-corrected chi connectivity index (χ1v) is 9.85. The number of piperidine rings is 1. The number of aromatic nitrogens is 3. The number of hydrogen-bond donors (Lipinski definition) is 0. The molecule has 5 nitrogen and oxygen atoms in total. The first-order valence-electron chi connectivity index (χ1n) is 9.08. The lowest BCUT2D eigenvalue weighted by atomic mass is 9.96. The fourth-order valence-electron chi connectivity index (χ4n) is 3.40. The van der Waals surface area contributed by atoms with E-state index in [-0.39, 0.29) is 0 Å². The van der Waals surface area contributed by atoms with Gasteiger partial charge in [0.25, 0.3) is 0 Å². The Morgan fingerprint density at radius 2 is 2.04 bits per heavy atom. The fraction of sp³-hybridized carbons (Fsp3) is 0.611. The predicted octanol–water partition coefficient (Wildman–Crippen LogP) is 3.55. The van der Waals surface area contributed by atoms with Gasteiger partial charge in [-0.25, -0.2) is 9.97 Å². The van der Waals surface area contributed by atoms with Crippen molar-refractivity contribution in [3.05, 3.63) is 30.2 Å². The second kappa shape index (κ2) is 7.05. The summed E-state index contributed by atoms with van der Waals surface area (Å²) in [5, 5.41) is 1.12. The normalized spacial score (nSPS) is 18.8. The molecule has 2 aromatic rings. The van der Waals surface area contributed by atoms with Crippen LogP contribution in [0.15, 0.2) is 24.4 Å². The van der Waals surface area contributed by atoms with Crippen molar-refractivity contribution in [2.24, 2.45) is 5.92 Å². The Hall–Kier alpha value is -1.69. The molecule has 128 valence electrons. The zero-order valence-corrected chi connectivity index (χ0v) is 15.1. The van der Waals surface area contributed by atoms with Gasteiger partial charge < -0.3 is 9.80 Å². The van der Waals surface area contributed by atoms with E-state index in [0.29, 0.717) is 5.92 Å². The molecule has 1 saturated carbocycles. The standard InChI is InChI=1S/C18H25N5S/c1-2-22(18-20-17(21-24-18)15-6-7-15)13-14-8-11-23(12-9-14)16-5-3-4-10-19-16/h3-5,10,14-15H,2,6-9,11-13H2,1H3. The lowest BCUT2D eigenvalue weighted by Gasteiger charge is -2.35. The van der Waals surface area contributed by atoms with Gasteiger partial charge in [-0.05, 0) is 50.7 Å². The summed E-state index contributed by atoms with van der Waals surface area (Å²) in [5.41, 5.74) is 0. The Labute approximate surface area is 147 Å². The number of hydrogen-bond acceptors (Lipinski definition) is 6. The Balaban J connectivity index is 1.33. The minimum absolute atomic E-state index is 0.648. The van der Waals surface area contributed by atoms with E-state index in [1.807, 2.05) is 12.3 Å². The first-order chi connectivity index (χ1) is 11.8. The van der Waals surface area contributed by atoms with E-state index in [0.717, 1.165) is 48.9 Å². The third-order valence-electron chi connectivity index (χ3n) is 5.09. The number of rotatable bonds is 6. The average molecular weight is 344 g/mol. The van der Waals surface area contributed by atoms with Crippen LogP contribution in [0.4, 0.5) is 10.9 Å². The van der Waals surface area contributed by atoms with Gasteiger partial charge in [-0.2, -0.15) is 4.37 Å². The largest absolute Gasteiger partial charge is 0.357 e. The van der Waals surface area contributed by atoms with Crippen LogP contribution in [0.3, 0.4) is 0 Å². The number of nitrogens with zero attached hydrogens (tertiary/aromatic N) is 5. The summed E-state index contributed by atoms with van der Waals surface area (Å²) >= 11 is 1.58. The summed E-state index contributed by atoms with van der Waals surface area (Å²) in [7, 11) is 0. The van der Waals surface area contributed by atoms with Gasteiger partial charge >= 0.3 is 0 Å². The minimum atomic E-state index is 0.648. The van der Waals surface area contributed by atoms with Crippen LogP contribution >= 0.6 is 11.5 Å². The van der Waals surface area contributed by atoms with E-state index in [9.17, 15) is 0 Å². The van der Waals surface area contributed by atoms with Gasteiger partial charge in [0, 0.05) is 49.8 Å². The van der Waals surface area contributed by atoms with Gasteiger partial charge in [0.1, 0.15) is 11.6 Å². The molecule has 0 amide bonds. The van der Waals surface area contributed by atoms with E-state index in [1.54, 1.807) is 11.5 Å². The van der Waals surface area contributed by atoms with Gasteiger partial charge in [-0.1, -0.05) is 6.07 Å². The summed E-state index contributed by atoms with van der Waals surface area (Å²) in [6.07, 6.45) is 6.87. The van der Waals surface area contributed by atoms with Crippen LogP contribution < -0.4 is 9.80 Å². The molecule has 0 spiro atoms. The molecule has 2 aromatic heterocycles. The Morgan fingerprint density at radius 1 is 1.21 bits per heavy atom. The molecule has 0 radical (unpaired) electrons. The lowest BCUT2D eigenvalue weighted by Crippen LogP contribution is -2.39. The van der Waals surface area contributed by atoms with Crippen molar-refractivity contribution in [3.8, 4) is 0 Å². The maximum atomic E-state index is 4.78. The third kappa shape index (κ3) is 3.53. The molecule has 6 heteroatoms. The van der Waals surface area contributed by atoms with Crippen LogP contribution in [0.25, 0.3) is 0 Å². The summed E-state index contributed by atoms with van der Waals surface area (Å²) < 4.78 is 4.56. The van der Waals surface area contributed by atoms with Crippen molar-refractivity contribution in [3.63, 3.8) is 0 Å². The second-order valence-electron chi connectivity index (χ2n) is 6.87. The van der Waals surface area contributed by atoms with Crippen LogP contribution in [-0.2, 0) is 0 Å². The topological polar surface area (TPSA) is 45.2 Å². The summed E-state index contributed by atoms with van der Waals surface area (Å²) in [5.74, 6) is 3.58. The van der Waals surface area contributed by atoms with Gasteiger partial charge in [0.15, 0.2) is 0 Å². The van der Waals surface area contributed by atoms with E-state index in [4.69, 9.17) is 4.98 Å².